The van der Waals surface area contributed by atoms with Crippen LogP contribution in [0.15, 0.2) is 35.5 Å². The number of H-pyrrole nitrogens is 1. The minimum Gasteiger partial charge on any atom is -0.332 e. The van der Waals surface area contributed by atoms with Gasteiger partial charge in [0.1, 0.15) is 5.82 Å². The maximum absolute atomic E-state index is 12.9. The average molecular weight is 306 g/mol. The summed E-state index contributed by atoms with van der Waals surface area (Å²) in [5.41, 5.74) is 1.71. The molecule has 0 aliphatic carbocycles. The number of aryl methyl sites for hydroxylation is 1. The van der Waals surface area contributed by atoms with Crippen LogP contribution in [0.2, 0.25) is 0 Å². The van der Waals surface area contributed by atoms with E-state index in [0.717, 1.165) is 11.3 Å². The molecule has 2 aromatic rings. The summed E-state index contributed by atoms with van der Waals surface area (Å²) >= 11 is 0. The number of nitrogens with one attached hydrogen (secondary N) is 2. The van der Waals surface area contributed by atoms with Gasteiger partial charge in [0.25, 0.3) is 10.0 Å². The molecule has 0 atom stereocenters. The highest BCUT2D eigenvalue weighted by molar-refractivity contribution is 7.92. The van der Waals surface area contributed by atoms with E-state index in [-0.39, 0.29) is 5.03 Å². The molecular weight excluding hydrogens is 288 g/mol. The molecule has 1 aromatic heterocycles. The quantitative estimate of drug-likeness (QED) is 0.895. The lowest BCUT2D eigenvalue weighted by molar-refractivity contribution is 0.586. The van der Waals surface area contributed by atoms with Crippen LogP contribution in [-0.2, 0) is 23.0 Å². The minimum absolute atomic E-state index is 0.149. The Morgan fingerprint density at radius 2 is 2.14 bits per heavy atom. The van der Waals surface area contributed by atoms with Gasteiger partial charge in [-0.15, -0.1) is 0 Å². The smallest absolute Gasteiger partial charge is 0.281 e. The van der Waals surface area contributed by atoms with Crippen molar-refractivity contribution in [2.75, 3.05) is 17.4 Å². The normalized spacial score (nSPS) is 15.6. The van der Waals surface area contributed by atoms with E-state index in [4.69, 9.17) is 0 Å². The molecule has 3 rings (SSSR count). The summed E-state index contributed by atoms with van der Waals surface area (Å²) in [6.45, 7) is 3.62. The summed E-state index contributed by atoms with van der Waals surface area (Å²) in [6.07, 6.45) is 2.07. The molecule has 0 amide bonds. The lowest BCUT2D eigenvalue weighted by Crippen LogP contribution is -2.35. The van der Waals surface area contributed by atoms with Crippen molar-refractivity contribution in [2.45, 2.75) is 24.9 Å². The van der Waals surface area contributed by atoms with Gasteiger partial charge in [0.15, 0.2) is 5.03 Å². The van der Waals surface area contributed by atoms with Crippen LogP contribution in [0.1, 0.15) is 18.3 Å². The van der Waals surface area contributed by atoms with Gasteiger partial charge >= 0.3 is 0 Å². The van der Waals surface area contributed by atoms with Crippen LogP contribution >= 0.6 is 0 Å². The second kappa shape index (κ2) is 5.50. The second-order valence-electron chi connectivity index (χ2n) is 4.93. The van der Waals surface area contributed by atoms with Crippen molar-refractivity contribution in [3.63, 3.8) is 0 Å². The van der Waals surface area contributed by atoms with E-state index in [0.29, 0.717) is 31.9 Å². The number of aromatic amines is 1. The number of rotatable bonds is 3. The van der Waals surface area contributed by atoms with Gasteiger partial charge in [-0.2, -0.15) is 8.42 Å². The van der Waals surface area contributed by atoms with E-state index < -0.39 is 10.0 Å². The summed E-state index contributed by atoms with van der Waals surface area (Å²) in [5.74, 6) is 0.676. The monoisotopic (exact) mass is 306 g/mol. The molecule has 21 heavy (non-hydrogen) atoms. The number of hydrogen-bond donors (Lipinski definition) is 2. The molecule has 1 aliphatic rings. The van der Waals surface area contributed by atoms with Crippen LogP contribution in [0.25, 0.3) is 0 Å². The number of hydrogen-bond acceptors (Lipinski definition) is 4. The van der Waals surface area contributed by atoms with Gasteiger partial charge in [-0.3, -0.25) is 4.31 Å². The number of imidazole rings is 1. The highest BCUT2D eigenvalue weighted by atomic mass is 32.2. The van der Waals surface area contributed by atoms with Crippen LogP contribution in [0, 0.1) is 0 Å². The first kappa shape index (κ1) is 14.1. The van der Waals surface area contributed by atoms with E-state index in [1.807, 2.05) is 31.2 Å². The Labute approximate surface area is 124 Å². The van der Waals surface area contributed by atoms with Crippen molar-refractivity contribution in [3.8, 4) is 0 Å². The molecule has 1 aliphatic heterocycles. The molecule has 7 heteroatoms. The summed E-state index contributed by atoms with van der Waals surface area (Å²) < 4.78 is 27.2. The van der Waals surface area contributed by atoms with Gasteiger partial charge < -0.3 is 10.3 Å². The third kappa shape index (κ3) is 2.54. The van der Waals surface area contributed by atoms with Gasteiger partial charge in [-0.05, 0) is 11.6 Å². The van der Waals surface area contributed by atoms with Crippen molar-refractivity contribution in [1.29, 1.82) is 0 Å². The first-order valence-corrected chi connectivity index (χ1v) is 8.42. The van der Waals surface area contributed by atoms with Gasteiger partial charge in [-0.1, -0.05) is 25.1 Å². The lowest BCUT2D eigenvalue weighted by atomic mass is 10.2. The Bertz CT molecular complexity index is 739. The zero-order chi connectivity index (χ0) is 14.9. The molecule has 0 unspecified atom stereocenters. The van der Waals surface area contributed by atoms with Gasteiger partial charge in [-0.25, -0.2) is 4.98 Å². The summed E-state index contributed by atoms with van der Waals surface area (Å²) in [4.78, 5) is 6.99. The van der Waals surface area contributed by atoms with Crippen LogP contribution < -0.4 is 9.62 Å². The molecule has 0 fully saturated rings. The largest absolute Gasteiger partial charge is 0.332 e. The standard InChI is InChI=1S/C14H18N4O2S/c1-2-13-16-10-14(17-13)21(19,20)18-8-7-15-9-11-5-3-4-6-12(11)18/h3-6,10,15H,2,7-9H2,1H3,(H,16,17). The van der Waals surface area contributed by atoms with Crippen molar-refractivity contribution in [2.24, 2.45) is 0 Å². The summed E-state index contributed by atoms with van der Waals surface area (Å²) in [6, 6.07) is 7.57. The Hall–Kier alpha value is -1.86. The molecule has 0 spiro atoms. The average Bonchev–Trinajstić information content (AvgIpc) is 2.87. The number of benzene rings is 1. The Morgan fingerprint density at radius 1 is 1.33 bits per heavy atom. The molecule has 0 radical (unpaired) electrons. The van der Waals surface area contributed by atoms with Crippen molar-refractivity contribution in [3.05, 3.63) is 41.9 Å². The van der Waals surface area contributed by atoms with Crippen molar-refractivity contribution >= 4 is 15.7 Å². The van der Waals surface area contributed by atoms with Crippen molar-refractivity contribution in [1.82, 2.24) is 15.3 Å². The summed E-state index contributed by atoms with van der Waals surface area (Å²) in [5, 5.41) is 3.39. The zero-order valence-corrected chi connectivity index (χ0v) is 12.7. The fourth-order valence-corrected chi connectivity index (χ4v) is 3.89. The molecule has 1 aromatic carbocycles. The van der Waals surface area contributed by atoms with E-state index in [9.17, 15) is 8.42 Å². The highest BCUT2D eigenvalue weighted by Crippen LogP contribution is 2.27. The van der Waals surface area contributed by atoms with E-state index >= 15 is 0 Å². The van der Waals surface area contributed by atoms with Crippen molar-refractivity contribution < 1.29 is 8.42 Å². The maximum atomic E-state index is 12.9. The lowest BCUT2D eigenvalue weighted by Gasteiger charge is -2.23. The first-order chi connectivity index (χ1) is 10.1. The number of anilines is 1. The fourth-order valence-electron chi connectivity index (χ4n) is 2.45. The summed E-state index contributed by atoms with van der Waals surface area (Å²) in [7, 11) is -3.61. The van der Waals surface area contributed by atoms with E-state index in [1.165, 1.54) is 10.5 Å². The van der Waals surface area contributed by atoms with Crippen LogP contribution in [0.3, 0.4) is 0 Å². The van der Waals surface area contributed by atoms with Gasteiger partial charge in [0.05, 0.1) is 11.9 Å². The Kier molecular flexibility index (Phi) is 3.69. The number of fused-ring (bicyclic) bond motifs is 1. The topological polar surface area (TPSA) is 78.1 Å². The maximum Gasteiger partial charge on any atom is 0.281 e. The fraction of sp³-hybridized carbons (Fsp3) is 0.357. The van der Waals surface area contributed by atoms with Gasteiger partial charge in [0.2, 0.25) is 0 Å². The van der Waals surface area contributed by atoms with Crippen LogP contribution in [0.4, 0.5) is 5.69 Å². The van der Waals surface area contributed by atoms with Crippen LogP contribution in [0.5, 0.6) is 0 Å². The third-order valence-electron chi connectivity index (χ3n) is 3.58. The molecule has 0 saturated carbocycles. The van der Waals surface area contributed by atoms with Crippen LogP contribution in [-0.4, -0.2) is 31.5 Å². The van der Waals surface area contributed by atoms with Gasteiger partial charge in [0, 0.05) is 26.1 Å². The highest BCUT2D eigenvalue weighted by Gasteiger charge is 2.29. The Morgan fingerprint density at radius 3 is 2.90 bits per heavy atom. The predicted molar refractivity (Wildman–Crippen MR) is 80.6 cm³/mol. The molecule has 0 bridgehead atoms. The third-order valence-corrected chi connectivity index (χ3v) is 5.30. The molecule has 2 heterocycles. The number of para-hydroxylation sites is 1. The van der Waals surface area contributed by atoms with E-state index in [2.05, 4.69) is 15.3 Å². The molecule has 6 nitrogen and oxygen atoms in total. The van der Waals surface area contributed by atoms with E-state index in [1.54, 1.807) is 0 Å². The first-order valence-electron chi connectivity index (χ1n) is 6.98. The zero-order valence-electron chi connectivity index (χ0n) is 11.8. The number of nitrogens with zero attached hydrogens (tertiary/aromatic N) is 2. The molecule has 2 N–H and O–H groups in total. The SMILES string of the molecule is CCc1ncc(S(=O)(=O)N2CCNCc3ccccc32)[nH]1. The number of sulfonamides is 1. The minimum atomic E-state index is -3.61. The number of aromatic nitrogens is 2. The second-order valence-corrected chi connectivity index (χ2v) is 6.76. The molecular formula is C14H18N4O2S. The molecule has 0 saturated heterocycles. The molecule has 112 valence electrons. The Balaban J connectivity index is 2.06. The predicted octanol–water partition coefficient (Wildman–Crippen LogP) is 1.27.